The number of benzene rings is 3. The molecule has 0 radical (unpaired) electrons. The molecule has 1 fully saturated rings. The number of ether oxygens (including phenoxy) is 4. The minimum atomic E-state index is -0.508. The standard InChI is InChI=1S/C30H33N5O5/c1-37-27-17-24-26(18-28(27)39-13-3-10-35-11-14-38-15-12-35)33-19-25(31)29(24)34-21-6-8-22(9-7-21)40-23-5-2-4-20(16-23)30(32)36/h2,4-9,16-19H,3,10-15,31H2,1H3,(H2,32,36)(H,33,34). The zero-order chi connectivity index (χ0) is 27.9. The van der Waals surface area contributed by atoms with Gasteiger partial charge in [0.15, 0.2) is 11.5 Å². The number of pyridine rings is 1. The number of primary amides is 1. The van der Waals surface area contributed by atoms with E-state index in [1.807, 2.05) is 36.4 Å². The monoisotopic (exact) mass is 543 g/mol. The molecule has 5 rings (SSSR count). The molecule has 0 bridgehead atoms. The summed E-state index contributed by atoms with van der Waals surface area (Å²) in [5, 5.41) is 4.20. The van der Waals surface area contributed by atoms with E-state index < -0.39 is 5.91 Å². The number of nitrogens with one attached hydrogen (secondary N) is 1. The quantitative estimate of drug-likeness (QED) is 0.233. The lowest BCUT2D eigenvalue weighted by Crippen LogP contribution is -2.37. The predicted molar refractivity (Wildman–Crippen MR) is 155 cm³/mol. The Kier molecular flexibility index (Phi) is 8.48. The van der Waals surface area contributed by atoms with Crippen LogP contribution in [0.4, 0.5) is 17.1 Å². The van der Waals surface area contributed by atoms with Crippen LogP contribution in [-0.2, 0) is 4.74 Å². The number of hydrogen-bond acceptors (Lipinski definition) is 9. The van der Waals surface area contributed by atoms with Crippen LogP contribution >= 0.6 is 0 Å². The fraction of sp³-hybridized carbons (Fsp3) is 0.267. The summed E-state index contributed by atoms with van der Waals surface area (Å²) >= 11 is 0. The Morgan fingerprint density at radius 3 is 2.60 bits per heavy atom. The van der Waals surface area contributed by atoms with Crippen LogP contribution in [0.3, 0.4) is 0 Å². The maximum Gasteiger partial charge on any atom is 0.248 e. The zero-order valence-electron chi connectivity index (χ0n) is 22.4. The van der Waals surface area contributed by atoms with E-state index in [1.54, 1.807) is 37.6 Å². The number of aromatic nitrogens is 1. The molecule has 1 aliphatic heterocycles. The number of nitrogens with zero attached hydrogens (tertiary/aromatic N) is 2. The summed E-state index contributed by atoms with van der Waals surface area (Å²) in [5.74, 6) is 1.87. The minimum absolute atomic E-state index is 0.382. The van der Waals surface area contributed by atoms with Crippen LogP contribution in [0.15, 0.2) is 66.9 Å². The van der Waals surface area contributed by atoms with Crippen LogP contribution in [0, 0.1) is 0 Å². The molecule has 0 atom stereocenters. The molecule has 0 unspecified atom stereocenters. The topological polar surface area (TPSA) is 134 Å². The first kappa shape index (κ1) is 27.0. The van der Waals surface area contributed by atoms with E-state index in [2.05, 4.69) is 15.2 Å². The molecule has 1 aromatic heterocycles. The van der Waals surface area contributed by atoms with Gasteiger partial charge in [-0.3, -0.25) is 14.7 Å². The third-order valence-electron chi connectivity index (χ3n) is 6.64. The van der Waals surface area contributed by atoms with Crippen molar-refractivity contribution < 1.29 is 23.7 Å². The number of carbonyl (C=O) groups excluding carboxylic acids is 1. The number of fused-ring (bicyclic) bond motifs is 1. The number of nitrogens with two attached hydrogens (primary N) is 2. The summed E-state index contributed by atoms with van der Waals surface area (Å²) in [6.07, 6.45) is 2.53. The highest BCUT2D eigenvalue weighted by atomic mass is 16.5. The molecule has 1 amide bonds. The van der Waals surface area contributed by atoms with Crippen molar-refractivity contribution in [3.05, 3.63) is 72.4 Å². The Hall–Kier alpha value is -4.54. The molecular weight excluding hydrogens is 510 g/mol. The first-order chi connectivity index (χ1) is 19.5. The van der Waals surface area contributed by atoms with Gasteiger partial charge in [-0.15, -0.1) is 0 Å². The highest BCUT2D eigenvalue weighted by Crippen LogP contribution is 2.38. The first-order valence-electron chi connectivity index (χ1n) is 13.1. The van der Waals surface area contributed by atoms with Crippen molar-refractivity contribution in [2.45, 2.75) is 6.42 Å². The van der Waals surface area contributed by atoms with Crippen molar-refractivity contribution in [2.24, 2.45) is 5.73 Å². The number of anilines is 3. The van der Waals surface area contributed by atoms with Crippen molar-refractivity contribution in [1.29, 1.82) is 0 Å². The van der Waals surface area contributed by atoms with Crippen LogP contribution in [0.2, 0.25) is 0 Å². The molecule has 10 heteroatoms. The third-order valence-corrected chi connectivity index (χ3v) is 6.64. The summed E-state index contributed by atoms with van der Waals surface area (Å²) in [6, 6.07) is 17.9. The van der Waals surface area contributed by atoms with Gasteiger partial charge in [-0.25, -0.2) is 0 Å². The maximum atomic E-state index is 11.4. The van der Waals surface area contributed by atoms with Crippen LogP contribution in [0.25, 0.3) is 10.9 Å². The molecule has 1 saturated heterocycles. The fourth-order valence-corrected chi connectivity index (χ4v) is 4.52. The Morgan fingerprint density at radius 2 is 1.85 bits per heavy atom. The Morgan fingerprint density at radius 1 is 1.05 bits per heavy atom. The van der Waals surface area contributed by atoms with Gasteiger partial charge < -0.3 is 35.7 Å². The number of rotatable bonds is 11. The molecule has 3 aromatic carbocycles. The lowest BCUT2D eigenvalue weighted by Gasteiger charge is -2.26. The molecule has 2 heterocycles. The lowest BCUT2D eigenvalue weighted by molar-refractivity contribution is 0.0357. The predicted octanol–water partition coefficient (Wildman–Crippen LogP) is 4.56. The molecule has 1 aliphatic rings. The molecule has 10 nitrogen and oxygen atoms in total. The average Bonchev–Trinajstić information content (AvgIpc) is 2.98. The van der Waals surface area contributed by atoms with Gasteiger partial charge in [0.05, 0.1) is 50.0 Å². The van der Waals surface area contributed by atoms with Crippen molar-refractivity contribution in [1.82, 2.24) is 9.88 Å². The van der Waals surface area contributed by atoms with E-state index in [9.17, 15) is 4.79 Å². The SMILES string of the molecule is COc1cc2c(Nc3ccc(Oc4cccc(C(N)=O)c4)cc3)c(N)cnc2cc1OCCCN1CCOCC1. The second-order valence-electron chi connectivity index (χ2n) is 9.41. The smallest absolute Gasteiger partial charge is 0.248 e. The maximum absolute atomic E-state index is 11.4. The molecule has 4 aromatic rings. The van der Waals surface area contributed by atoms with Crippen LogP contribution in [0.1, 0.15) is 16.8 Å². The number of carbonyl (C=O) groups is 1. The Balaban J connectivity index is 1.28. The van der Waals surface area contributed by atoms with Crippen LogP contribution in [0.5, 0.6) is 23.0 Å². The van der Waals surface area contributed by atoms with Gasteiger partial charge in [0.2, 0.25) is 5.91 Å². The van der Waals surface area contributed by atoms with Gasteiger partial charge in [-0.2, -0.15) is 0 Å². The van der Waals surface area contributed by atoms with Crippen molar-refractivity contribution in [3.8, 4) is 23.0 Å². The Bertz CT molecular complexity index is 1470. The van der Waals surface area contributed by atoms with Gasteiger partial charge in [0, 0.05) is 42.3 Å². The van der Waals surface area contributed by atoms with E-state index in [4.69, 9.17) is 30.4 Å². The van der Waals surface area contributed by atoms with Crippen LogP contribution in [-0.4, -0.2) is 62.4 Å². The molecule has 5 N–H and O–H groups in total. The fourth-order valence-electron chi connectivity index (χ4n) is 4.52. The van der Waals surface area contributed by atoms with Gasteiger partial charge in [0.1, 0.15) is 11.5 Å². The average molecular weight is 544 g/mol. The molecule has 208 valence electrons. The van der Waals surface area contributed by atoms with Crippen LogP contribution < -0.4 is 31.0 Å². The number of methoxy groups -OCH3 is 1. The molecule has 0 aliphatic carbocycles. The normalized spacial score (nSPS) is 13.6. The zero-order valence-corrected chi connectivity index (χ0v) is 22.4. The van der Waals surface area contributed by atoms with E-state index in [0.717, 1.165) is 55.9 Å². The van der Waals surface area contributed by atoms with Gasteiger partial charge in [-0.1, -0.05) is 6.07 Å². The number of amides is 1. The number of nitrogen functional groups attached to an aromatic ring is 1. The summed E-state index contributed by atoms with van der Waals surface area (Å²) in [4.78, 5) is 18.3. The molecule has 0 spiro atoms. The summed E-state index contributed by atoms with van der Waals surface area (Å²) < 4.78 is 23.0. The molecular formula is C30H33N5O5. The molecule has 0 saturated carbocycles. The minimum Gasteiger partial charge on any atom is -0.493 e. The first-order valence-corrected chi connectivity index (χ1v) is 13.1. The van der Waals surface area contributed by atoms with E-state index in [1.165, 1.54) is 0 Å². The highest BCUT2D eigenvalue weighted by molar-refractivity contribution is 6.00. The largest absolute Gasteiger partial charge is 0.493 e. The van der Waals surface area contributed by atoms with Crippen molar-refractivity contribution in [2.75, 3.05) is 57.6 Å². The lowest BCUT2D eigenvalue weighted by atomic mass is 10.1. The van der Waals surface area contributed by atoms with Crippen molar-refractivity contribution >= 4 is 33.9 Å². The second kappa shape index (κ2) is 12.5. The third kappa shape index (κ3) is 6.53. The molecule has 40 heavy (non-hydrogen) atoms. The summed E-state index contributed by atoms with van der Waals surface area (Å²) in [6.45, 7) is 5.03. The van der Waals surface area contributed by atoms with E-state index >= 15 is 0 Å². The summed E-state index contributed by atoms with van der Waals surface area (Å²) in [5.41, 5.74) is 14.8. The van der Waals surface area contributed by atoms with E-state index in [-0.39, 0.29) is 0 Å². The second-order valence-corrected chi connectivity index (χ2v) is 9.41. The number of hydrogen-bond donors (Lipinski definition) is 3. The van der Waals surface area contributed by atoms with Crippen molar-refractivity contribution in [3.63, 3.8) is 0 Å². The number of morpholine rings is 1. The van der Waals surface area contributed by atoms with Gasteiger partial charge >= 0.3 is 0 Å². The van der Waals surface area contributed by atoms with Gasteiger partial charge in [-0.05, 0) is 55.0 Å². The van der Waals surface area contributed by atoms with E-state index in [0.29, 0.717) is 46.5 Å². The van der Waals surface area contributed by atoms with Gasteiger partial charge in [0.25, 0.3) is 0 Å². The summed E-state index contributed by atoms with van der Waals surface area (Å²) in [7, 11) is 1.62. The Labute approximate surface area is 232 Å². The highest BCUT2D eigenvalue weighted by Gasteiger charge is 2.15.